The first-order chi connectivity index (χ1) is 14.7. The molecule has 0 atom stereocenters. The second-order valence-corrected chi connectivity index (χ2v) is 6.84. The van der Waals surface area contributed by atoms with E-state index in [0.717, 1.165) is 29.1 Å². The number of carbonyl (C=O) groups is 1. The average Bonchev–Trinajstić information content (AvgIpc) is 3.29. The summed E-state index contributed by atoms with van der Waals surface area (Å²) in [5.41, 5.74) is 4.05. The molecule has 7 heteroatoms. The smallest absolute Gasteiger partial charge is 0.251 e. The van der Waals surface area contributed by atoms with E-state index in [0.29, 0.717) is 18.1 Å². The number of amides is 1. The van der Waals surface area contributed by atoms with Crippen LogP contribution in [0, 0.1) is 6.92 Å². The number of hydrogen-bond acceptors (Lipinski definition) is 5. The molecular formula is C23H22N6O. The zero-order chi connectivity index (χ0) is 20.8. The van der Waals surface area contributed by atoms with Crippen molar-refractivity contribution in [3.8, 4) is 11.3 Å². The summed E-state index contributed by atoms with van der Waals surface area (Å²) in [4.78, 5) is 25.6. The Morgan fingerprint density at radius 1 is 1.07 bits per heavy atom. The highest BCUT2D eigenvalue weighted by Gasteiger charge is 2.10. The lowest BCUT2D eigenvalue weighted by atomic mass is 10.1. The van der Waals surface area contributed by atoms with Crippen LogP contribution < -0.4 is 10.6 Å². The molecule has 4 aromatic rings. The first-order valence-electron chi connectivity index (χ1n) is 9.69. The van der Waals surface area contributed by atoms with Gasteiger partial charge in [-0.2, -0.15) is 0 Å². The standard InChI is InChI=1S/C23H22N6O/c1-17-6-7-18(22(30)25-11-14-29-12-2-3-13-29)15-21(17)28-23-26-10-8-20(27-23)19-5-4-9-24-16-19/h2-10,12-13,15-16H,11,14H2,1H3,(H,25,30)(H,26,27,28). The van der Waals surface area contributed by atoms with Gasteiger partial charge in [0.2, 0.25) is 5.95 Å². The van der Waals surface area contributed by atoms with Crippen molar-refractivity contribution in [2.75, 3.05) is 11.9 Å². The molecular weight excluding hydrogens is 376 g/mol. The van der Waals surface area contributed by atoms with Crippen molar-refractivity contribution in [2.45, 2.75) is 13.5 Å². The lowest BCUT2D eigenvalue weighted by Gasteiger charge is -2.12. The topological polar surface area (TPSA) is 84.7 Å². The third-order valence-corrected chi connectivity index (χ3v) is 4.68. The van der Waals surface area contributed by atoms with Crippen LogP contribution in [0.25, 0.3) is 11.3 Å². The molecule has 0 bridgehead atoms. The van der Waals surface area contributed by atoms with Crippen LogP contribution in [-0.2, 0) is 6.54 Å². The van der Waals surface area contributed by atoms with Crippen LogP contribution in [0.4, 0.5) is 11.6 Å². The highest BCUT2D eigenvalue weighted by atomic mass is 16.1. The fourth-order valence-corrected chi connectivity index (χ4v) is 3.03. The van der Waals surface area contributed by atoms with Crippen molar-refractivity contribution < 1.29 is 4.79 Å². The van der Waals surface area contributed by atoms with E-state index in [1.165, 1.54) is 0 Å². The summed E-state index contributed by atoms with van der Waals surface area (Å²) in [5, 5.41) is 6.18. The van der Waals surface area contributed by atoms with E-state index in [1.54, 1.807) is 18.6 Å². The molecule has 0 aliphatic carbocycles. The molecule has 2 N–H and O–H groups in total. The third-order valence-electron chi connectivity index (χ3n) is 4.68. The normalized spacial score (nSPS) is 10.6. The Kier molecular flexibility index (Phi) is 5.80. The minimum Gasteiger partial charge on any atom is -0.353 e. The predicted octanol–water partition coefficient (Wildman–Crippen LogP) is 3.82. The molecule has 4 rings (SSSR count). The fourth-order valence-electron chi connectivity index (χ4n) is 3.03. The van der Waals surface area contributed by atoms with E-state index in [-0.39, 0.29) is 5.91 Å². The van der Waals surface area contributed by atoms with Crippen LogP contribution in [0.2, 0.25) is 0 Å². The van der Waals surface area contributed by atoms with E-state index in [2.05, 4.69) is 25.6 Å². The first kappa shape index (κ1) is 19.3. The molecule has 0 fully saturated rings. The van der Waals surface area contributed by atoms with Gasteiger partial charge >= 0.3 is 0 Å². The molecule has 30 heavy (non-hydrogen) atoms. The Morgan fingerprint density at radius 3 is 2.73 bits per heavy atom. The third kappa shape index (κ3) is 4.70. The molecule has 0 aliphatic heterocycles. The zero-order valence-electron chi connectivity index (χ0n) is 16.6. The highest BCUT2D eigenvalue weighted by Crippen LogP contribution is 2.22. The number of hydrogen-bond donors (Lipinski definition) is 2. The van der Waals surface area contributed by atoms with Crippen molar-refractivity contribution in [1.29, 1.82) is 0 Å². The Balaban J connectivity index is 1.46. The largest absolute Gasteiger partial charge is 0.353 e. The minimum atomic E-state index is -0.116. The molecule has 7 nitrogen and oxygen atoms in total. The summed E-state index contributed by atoms with van der Waals surface area (Å²) in [5.74, 6) is 0.347. The number of benzene rings is 1. The Morgan fingerprint density at radius 2 is 1.93 bits per heavy atom. The van der Waals surface area contributed by atoms with Gasteiger partial charge in [0.15, 0.2) is 0 Å². The van der Waals surface area contributed by atoms with Crippen molar-refractivity contribution in [3.05, 3.63) is 90.6 Å². The number of carbonyl (C=O) groups excluding carboxylic acids is 1. The summed E-state index contributed by atoms with van der Waals surface area (Å²) in [6.45, 7) is 3.26. The molecule has 0 spiro atoms. The SMILES string of the molecule is Cc1ccc(C(=O)NCCn2cccc2)cc1Nc1nccc(-c2cccnc2)n1. The zero-order valence-corrected chi connectivity index (χ0v) is 16.6. The number of aryl methyl sites for hydroxylation is 1. The van der Waals surface area contributed by atoms with Gasteiger partial charge in [0.1, 0.15) is 0 Å². The minimum absolute atomic E-state index is 0.116. The molecule has 0 unspecified atom stereocenters. The van der Waals surface area contributed by atoms with Gasteiger partial charge in [0.05, 0.1) is 5.69 Å². The maximum atomic E-state index is 12.5. The van der Waals surface area contributed by atoms with Crippen LogP contribution in [-0.4, -0.2) is 32.0 Å². The quantitative estimate of drug-likeness (QED) is 0.494. The lowest BCUT2D eigenvalue weighted by molar-refractivity contribution is 0.0952. The monoisotopic (exact) mass is 398 g/mol. The molecule has 0 saturated heterocycles. The number of nitrogens with zero attached hydrogens (tertiary/aromatic N) is 4. The summed E-state index contributed by atoms with van der Waals surface area (Å²) < 4.78 is 2.02. The van der Waals surface area contributed by atoms with Gasteiger partial charge in [-0.15, -0.1) is 0 Å². The van der Waals surface area contributed by atoms with Gasteiger partial charge in [-0.05, 0) is 55.0 Å². The maximum absolute atomic E-state index is 12.5. The van der Waals surface area contributed by atoms with Crippen molar-refractivity contribution in [1.82, 2.24) is 24.8 Å². The van der Waals surface area contributed by atoms with Crippen molar-refractivity contribution >= 4 is 17.5 Å². The average molecular weight is 398 g/mol. The Bertz CT molecular complexity index is 1130. The van der Waals surface area contributed by atoms with E-state index in [1.807, 2.05) is 72.4 Å². The summed E-state index contributed by atoms with van der Waals surface area (Å²) >= 11 is 0. The maximum Gasteiger partial charge on any atom is 0.251 e. The Labute approximate surface area is 174 Å². The van der Waals surface area contributed by atoms with E-state index in [9.17, 15) is 4.79 Å². The molecule has 0 radical (unpaired) electrons. The molecule has 1 aromatic carbocycles. The van der Waals surface area contributed by atoms with Crippen LogP contribution in [0.3, 0.4) is 0 Å². The van der Waals surface area contributed by atoms with Gasteiger partial charge < -0.3 is 15.2 Å². The molecule has 3 aromatic heterocycles. The predicted molar refractivity (Wildman–Crippen MR) is 116 cm³/mol. The van der Waals surface area contributed by atoms with Gasteiger partial charge in [0.25, 0.3) is 5.91 Å². The van der Waals surface area contributed by atoms with Gasteiger partial charge in [0, 0.05) is 60.9 Å². The van der Waals surface area contributed by atoms with Crippen LogP contribution in [0.5, 0.6) is 0 Å². The van der Waals surface area contributed by atoms with Gasteiger partial charge in [-0.3, -0.25) is 9.78 Å². The second kappa shape index (κ2) is 9.00. The number of nitrogens with one attached hydrogen (secondary N) is 2. The van der Waals surface area contributed by atoms with E-state index in [4.69, 9.17) is 0 Å². The van der Waals surface area contributed by atoms with Crippen LogP contribution >= 0.6 is 0 Å². The van der Waals surface area contributed by atoms with E-state index >= 15 is 0 Å². The second-order valence-electron chi connectivity index (χ2n) is 6.84. The van der Waals surface area contributed by atoms with Crippen molar-refractivity contribution in [3.63, 3.8) is 0 Å². The summed E-state index contributed by atoms with van der Waals surface area (Å²) in [6.07, 6.45) is 9.13. The molecule has 3 heterocycles. The Hall–Kier alpha value is -4.00. The van der Waals surface area contributed by atoms with Gasteiger partial charge in [-0.25, -0.2) is 9.97 Å². The number of anilines is 2. The molecule has 0 saturated carbocycles. The van der Waals surface area contributed by atoms with Crippen LogP contribution in [0.15, 0.2) is 79.5 Å². The number of aromatic nitrogens is 4. The first-order valence-corrected chi connectivity index (χ1v) is 9.69. The van der Waals surface area contributed by atoms with Gasteiger partial charge in [-0.1, -0.05) is 6.07 Å². The molecule has 1 amide bonds. The number of pyridine rings is 1. The number of rotatable bonds is 7. The van der Waals surface area contributed by atoms with Crippen LogP contribution in [0.1, 0.15) is 15.9 Å². The fraction of sp³-hybridized carbons (Fsp3) is 0.130. The van der Waals surface area contributed by atoms with Crippen molar-refractivity contribution in [2.24, 2.45) is 0 Å². The summed E-state index contributed by atoms with van der Waals surface area (Å²) in [7, 11) is 0. The molecule has 150 valence electrons. The summed E-state index contributed by atoms with van der Waals surface area (Å²) in [6, 6.07) is 15.1. The van der Waals surface area contributed by atoms with E-state index < -0.39 is 0 Å². The highest BCUT2D eigenvalue weighted by molar-refractivity contribution is 5.95. The molecule has 0 aliphatic rings. The lowest BCUT2D eigenvalue weighted by Crippen LogP contribution is -2.27.